The van der Waals surface area contributed by atoms with Gasteiger partial charge in [-0.25, -0.2) is 0 Å². The molecule has 1 aliphatic carbocycles. The largest absolute Gasteiger partial charge is 0.124 e. The van der Waals surface area contributed by atoms with Crippen molar-refractivity contribution in [1.82, 2.24) is 0 Å². The van der Waals surface area contributed by atoms with Crippen LogP contribution in [-0.4, -0.2) is 0 Å². The van der Waals surface area contributed by atoms with Gasteiger partial charge in [0.1, 0.15) is 0 Å². The molecule has 0 heteroatoms. The minimum absolute atomic E-state index is 0.242. The number of fused-ring (bicyclic) bond motifs is 1. The molecule has 0 bridgehead atoms. The SMILES string of the molecule is C#C.C/C=C\C1=C(C)c2ccc(C(C)(C)C)cc2C1. The van der Waals surface area contributed by atoms with Gasteiger partial charge < -0.3 is 0 Å². The summed E-state index contributed by atoms with van der Waals surface area (Å²) in [7, 11) is 0. The molecule has 0 unspecified atom stereocenters. The van der Waals surface area contributed by atoms with E-state index in [-0.39, 0.29) is 5.41 Å². The smallest absolute Gasteiger partial charge is 0.00169 e. The lowest BCUT2D eigenvalue weighted by molar-refractivity contribution is 0.589. The minimum Gasteiger partial charge on any atom is -0.124 e. The van der Waals surface area contributed by atoms with Crippen LogP contribution in [0.15, 0.2) is 35.9 Å². The highest BCUT2D eigenvalue weighted by Gasteiger charge is 2.20. The summed E-state index contributed by atoms with van der Waals surface area (Å²) in [6.07, 6.45) is 13.5. The van der Waals surface area contributed by atoms with Gasteiger partial charge in [-0.15, -0.1) is 12.8 Å². The lowest BCUT2D eigenvalue weighted by atomic mass is 9.85. The van der Waals surface area contributed by atoms with Crippen molar-refractivity contribution in [3.05, 3.63) is 52.6 Å². The Kier molecular flexibility index (Phi) is 4.78. The van der Waals surface area contributed by atoms with Crippen molar-refractivity contribution in [2.24, 2.45) is 0 Å². The van der Waals surface area contributed by atoms with Crippen LogP contribution in [0.1, 0.15) is 51.3 Å². The van der Waals surface area contributed by atoms with Gasteiger partial charge in [-0.2, -0.15) is 0 Å². The molecular formula is C19H24. The van der Waals surface area contributed by atoms with Crippen molar-refractivity contribution >= 4 is 5.57 Å². The zero-order valence-corrected chi connectivity index (χ0v) is 12.7. The van der Waals surface area contributed by atoms with E-state index >= 15 is 0 Å². The zero-order valence-electron chi connectivity index (χ0n) is 12.7. The average molecular weight is 252 g/mol. The van der Waals surface area contributed by atoms with Crippen LogP contribution in [-0.2, 0) is 11.8 Å². The Morgan fingerprint density at radius 1 is 1.16 bits per heavy atom. The Morgan fingerprint density at radius 2 is 1.79 bits per heavy atom. The Labute approximate surface area is 118 Å². The summed E-state index contributed by atoms with van der Waals surface area (Å²) in [5.41, 5.74) is 7.51. The fourth-order valence-electron chi connectivity index (χ4n) is 2.47. The maximum atomic E-state index is 4.00. The van der Waals surface area contributed by atoms with Gasteiger partial charge in [-0.3, -0.25) is 0 Å². The third-order valence-corrected chi connectivity index (χ3v) is 3.61. The second kappa shape index (κ2) is 5.93. The Bertz CT molecular complexity index is 531. The average Bonchev–Trinajstić information content (AvgIpc) is 2.68. The van der Waals surface area contributed by atoms with Crippen molar-refractivity contribution in [1.29, 1.82) is 0 Å². The Hall–Kier alpha value is -1.74. The van der Waals surface area contributed by atoms with Crippen molar-refractivity contribution < 1.29 is 0 Å². The molecule has 0 amide bonds. The van der Waals surface area contributed by atoms with Crippen LogP contribution in [0.25, 0.3) is 5.57 Å². The Balaban J connectivity index is 0.000000861. The van der Waals surface area contributed by atoms with Crippen LogP contribution in [0.4, 0.5) is 0 Å². The van der Waals surface area contributed by atoms with E-state index in [2.05, 4.69) is 77.8 Å². The predicted molar refractivity (Wildman–Crippen MR) is 86.1 cm³/mol. The number of benzene rings is 1. The van der Waals surface area contributed by atoms with E-state index in [9.17, 15) is 0 Å². The van der Waals surface area contributed by atoms with Crippen molar-refractivity contribution in [3.8, 4) is 12.8 Å². The maximum absolute atomic E-state index is 4.00. The molecule has 0 N–H and O–H groups in total. The summed E-state index contributed by atoms with van der Waals surface area (Å²) in [5.74, 6) is 0. The lowest BCUT2D eigenvalue weighted by Crippen LogP contribution is -2.11. The van der Waals surface area contributed by atoms with Gasteiger partial charge in [0.25, 0.3) is 0 Å². The van der Waals surface area contributed by atoms with E-state index in [1.807, 2.05) is 0 Å². The summed E-state index contributed by atoms with van der Waals surface area (Å²) in [6.45, 7) is 11.1. The molecule has 0 radical (unpaired) electrons. The topological polar surface area (TPSA) is 0 Å². The molecule has 1 aromatic carbocycles. The first-order valence-electron chi connectivity index (χ1n) is 6.73. The van der Waals surface area contributed by atoms with Gasteiger partial charge in [0, 0.05) is 0 Å². The fourth-order valence-corrected chi connectivity index (χ4v) is 2.47. The number of terminal acetylenes is 1. The first-order chi connectivity index (χ1) is 8.93. The molecule has 0 spiro atoms. The molecule has 100 valence electrons. The maximum Gasteiger partial charge on any atom is -0.00169 e. The summed E-state index contributed by atoms with van der Waals surface area (Å²) >= 11 is 0. The first kappa shape index (κ1) is 15.3. The number of hydrogen-bond donors (Lipinski definition) is 0. The second-order valence-corrected chi connectivity index (χ2v) is 5.95. The summed E-state index contributed by atoms with van der Waals surface area (Å²) in [4.78, 5) is 0. The molecule has 0 saturated carbocycles. The number of hydrogen-bond acceptors (Lipinski definition) is 0. The predicted octanol–water partition coefficient (Wildman–Crippen LogP) is 5.14. The molecule has 0 aliphatic heterocycles. The van der Waals surface area contributed by atoms with Gasteiger partial charge in [-0.05, 0) is 53.5 Å². The molecule has 19 heavy (non-hydrogen) atoms. The van der Waals surface area contributed by atoms with E-state index in [0.29, 0.717) is 0 Å². The molecule has 0 nitrogen and oxygen atoms in total. The number of allylic oxidation sites excluding steroid dienone is 4. The van der Waals surface area contributed by atoms with E-state index in [1.54, 1.807) is 0 Å². The molecule has 0 heterocycles. The molecule has 1 aliphatic rings. The normalized spacial score (nSPS) is 14.3. The molecule has 1 aromatic rings. The van der Waals surface area contributed by atoms with Crippen LogP contribution < -0.4 is 0 Å². The van der Waals surface area contributed by atoms with Crippen LogP contribution in [0.2, 0.25) is 0 Å². The molecular weight excluding hydrogens is 228 g/mol. The van der Waals surface area contributed by atoms with Crippen LogP contribution in [0.3, 0.4) is 0 Å². The lowest BCUT2D eigenvalue weighted by Gasteiger charge is -2.20. The highest BCUT2D eigenvalue weighted by molar-refractivity contribution is 5.77. The fraction of sp³-hybridized carbons (Fsp3) is 0.368. The standard InChI is InChI=1S/C17H22.C2H2/c1-6-7-13-10-14-11-15(17(3,4)5)8-9-16(14)12(13)2;1-2/h6-9,11H,10H2,1-5H3;1-2H/b7-6-;. The summed E-state index contributed by atoms with van der Waals surface area (Å²) in [6, 6.07) is 6.96. The van der Waals surface area contributed by atoms with Crippen LogP contribution >= 0.6 is 0 Å². The minimum atomic E-state index is 0.242. The molecule has 0 fully saturated rings. The summed E-state index contributed by atoms with van der Waals surface area (Å²) in [5, 5.41) is 0. The molecule has 0 aromatic heterocycles. The van der Waals surface area contributed by atoms with E-state index in [4.69, 9.17) is 0 Å². The first-order valence-corrected chi connectivity index (χ1v) is 6.73. The van der Waals surface area contributed by atoms with Gasteiger partial charge in [0.15, 0.2) is 0 Å². The third-order valence-electron chi connectivity index (χ3n) is 3.61. The van der Waals surface area contributed by atoms with Crippen LogP contribution in [0.5, 0.6) is 0 Å². The molecule has 2 rings (SSSR count). The van der Waals surface area contributed by atoms with Crippen LogP contribution in [0, 0.1) is 12.8 Å². The van der Waals surface area contributed by atoms with Gasteiger partial charge in [0.2, 0.25) is 0 Å². The van der Waals surface area contributed by atoms with Crippen molar-refractivity contribution in [2.45, 2.75) is 46.5 Å². The highest BCUT2D eigenvalue weighted by Crippen LogP contribution is 2.35. The highest BCUT2D eigenvalue weighted by atomic mass is 14.2. The van der Waals surface area contributed by atoms with Gasteiger partial charge >= 0.3 is 0 Å². The van der Waals surface area contributed by atoms with Crippen molar-refractivity contribution in [3.63, 3.8) is 0 Å². The Morgan fingerprint density at radius 3 is 2.32 bits per heavy atom. The molecule has 0 atom stereocenters. The second-order valence-electron chi connectivity index (χ2n) is 5.95. The van der Waals surface area contributed by atoms with E-state index < -0.39 is 0 Å². The van der Waals surface area contributed by atoms with E-state index in [0.717, 1.165) is 6.42 Å². The zero-order chi connectivity index (χ0) is 14.6. The summed E-state index contributed by atoms with van der Waals surface area (Å²) < 4.78 is 0. The van der Waals surface area contributed by atoms with Gasteiger partial charge in [0.05, 0.1) is 0 Å². The molecule has 0 saturated heterocycles. The quantitative estimate of drug-likeness (QED) is 0.607. The number of rotatable bonds is 1. The van der Waals surface area contributed by atoms with Gasteiger partial charge in [-0.1, -0.05) is 51.1 Å². The van der Waals surface area contributed by atoms with E-state index in [1.165, 1.54) is 27.8 Å². The van der Waals surface area contributed by atoms with Crippen molar-refractivity contribution in [2.75, 3.05) is 0 Å². The third kappa shape index (κ3) is 3.18. The monoisotopic (exact) mass is 252 g/mol.